The number of ether oxygens (including phenoxy) is 1. The van der Waals surface area contributed by atoms with Gasteiger partial charge in [-0.2, -0.15) is 0 Å². The maximum Gasteiger partial charge on any atom is 0.311 e. The topological polar surface area (TPSA) is 68.5 Å². The van der Waals surface area contributed by atoms with Crippen LogP contribution in [-0.2, 0) is 20.7 Å². The number of hydrogen-bond acceptors (Lipinski definition) is 4. The fourth-order valence-corrected chi connectivity index (χ4v) is 2.80. The summed E-state index contributed by atoms with van der Waals surface area (Å²) in [6.45, 7) is 5.27. The molecule has 1 heterocycles. The molecule has 2 aromatic carbocycles. The number of rotatable bonds is 5. The maximum atomic E-state index is 13.6. The highest BCUT2D eigenvalue weighted by molar-refractivity contribution is 5.95. The van der Waals surface area contributed by atoms with Gasteiger partial charge in [-0.3, -0.25) is 9.59 Å². The molecular weight excluding hydrogens is 368 g/mol. The van der Waals surface area contributed by atoms with Crippen LogP contribution < -0.4 is 5.32 Å². The number of fused-ring (bicyclic) bond motifs is 1. The van der Waals surface area contributed by atoms with Gasteiger partial charge >= 0.3 is 5.97 Å². The van der Waals surface area contributed by atoms with Crippen molar-refractivity contribution in [1.29, 1.82) is 0 Å². The molecule has 0 aliphatic heterocycles. The van der Waals surface area contributed by atoms with E-state index >= 15 is 0 Å². The van der Waals surface area contributed by atoms with Crippen molar-refractivity contribution in [1.82, 2.24) is 0 Å². The maximum absolute atomic E-state index is 13.6. The van der Waals surface area contributed by atoms with Crippen LogP contribution in [-0.4, -0.2) is 18.0 Å². The molecule has 0 spiro atoms. The Morgan fingerprint density at radius 3 is 2.64 bits per heavy atom. The average molecular weight is 387 g/mol. The third-order valence-corrected chi connectivity index (χ3v) is 4.54. The van der Waals surface area contributed by atoms with E-state index in [2.05, 4.69) is 5.32 Å². The molecule has 1 N–H and O–H groups in total. The number of anilines is 1. The van der Waals surface area contributed by atoms with Crippen LogP contribution in [0.3, 0.4) is 0 Å². The van der Waals surface area contributed by atoms with Gasteiger partial charge in [-0.15, -0.1) is 0 Å². The van der Waals surface area contributed by atoms with Gasteiger partial charge in [0.25, 0.3) is 5.91 Å². The zero-order valence-corrected chi connectivity index (χ0v) is 15.6. The van der Waals surface area contributed by atoms with Crippen LogP contribution in [0.4, 0.5) is 14.5 Å². The second-order valence-corrected chi connectivity index (χ2v) is 6.57. The van der Waals surface area contributed by atoms with Crippen LogP contribution in [0, 0.1) is 25.5 Å². The van der Waals surface area contributed by atoms with Crippen LogP contribution in [0.1, 0.15) is 23.6 Å². The van der Waals surface area contributed by atoms with Gasteiger partial charge in [0.05, 0.1) is 18.4 Å². The van der Waals surface area contributed by atoms with Gasteiger partial charge < -0.3 is 14.5 Å². The molecule has 1 amide bonds. The number of nitrogens with one attached hydrogen (secondary N) is 1. The highest BCUT2D eigenvalue weighted by Gasteiger charge is 2.21. The number of halogens is 2. The first-order chi connectivity index (χ1) is 13.3. The van der Waals surface area contributed by atoms with Crippen LogP contribution >= 0.6 is 0 Å². The summed E-state index contributed by atoms with van der Waals surface area (Å²) in [6.07, 6.45) is 0.272. The van der Waals surface area contributed by atoms with E-state index in [4.69, 9.17) is 9.15 Å². The summed E-state index contributed by atoms with van der Waals surface area (Å²) >= 11 is 0. The quantitative estimate of drug-likeness (QED) is 0.657. The average Bonchev–Trinajstić information content (AvgIpc) is 3.03. The summed E-state index contributed by atoms with van der Waals surface area (Å²) in [5, 5.41) is 3.08. The molecule has 3 aromatic rings. The Bertz CT molecular complexity index is 1060. The molecule has 0 aliphatic carbocycles. The van der Waals surface area contributed by atoms with Crippen molar-refractivity contribution in [3.8, 4) is 0 Å². The zero-order chi connectivity index (χ0) is 20.4. The van der Waals surface area contributed by atoms with E-state index in [9.17, 15) is 18.4 Å². The smallest absolute Gasteiger partial charge is 0.311 e. The van der Waals surface area contributed by atoms with Crippen molar-refractivity contribution in [2.45, 2.75) is 33.3 Å². The van der Waals surface area contributed by atoms with Gasteiger partial charge in [0.2, 0.25) is 0 Å². The molecule has 146 valence electrons. The predicted molar refractivity (Wildman–Crippen MR) is 99.9 cm³/mol. The number of esters is 1. The van der Waals surface area contributed by atoms with Crippen molar-refractivity contribution < 1.29 is 27.5 Å². The Labute approximate surface area is 160 Å². The van der Waals surface area contributed by atoms with Crippen LogP contribution in [0.2, 0.25) is 0 Å². The van der Waals surface area contributed by atoms with Crippen molar-refractivity contribution in [2.75, 3.05) is 5.32 Å². The SMILES string of the molecule is Cc1ccc2c(CC(=O)O[C@H](C)C(=O)Nc3ccc(F)cc3F)coc2c1C. The highest BCUT2D eigenvalue weighted by Crippen LogP contribution is 2.27. The fourth-order valence-electron chi connectivity index (χ4n) is 2.80. The van der Waals surface area contributed by atoms with E-state index in [0.717, 1.165) is 28.6 Å². The fraction of sp³-hybridized carbons (Fsp3) is 0.238. The van der Waals surface area contributed by atoms with Crippen LogP contribution in [0.15, 0.2) is 41.0 Å². The van der Waals surface area contributed by atoms with Crippen molar-refractivity contribution >= 4 is 28.5 Å². The molecule has 5 nitrogen and oxygen atoms in total. The number of aryl methyl sites for hydroxylation is 2. The molecule has 0 radical (unpaired) electrons. The van der Waals surface area contributed by atoms with E-state index in [1.165, 1.54) is 13.2 Å². The summed E-state index contributed by atoms with van der Waals surface area (Å²) in [6, 6.07) is 6.58. The van der Waals surface area contributed by atoms with Gasteiger partial charge in [-0.25, -0.2) is 8.78 Å². The normalized spacial score (nSPS) is 12.0. The second-order valence-electron chi connectivity index (χ2n) is 6.57. The molecule has 0 aliphatic rings. The molecule has 0 saturated carbocycles. The summed E-state index contributed by atoms with van der Waals surface area (Å²) in [7, 11) is 0. The summed E-state index contributed by atoms with van der Waals surface area (Å²) in [4.78, 5) is 24.3. The third kappa shape index (κ3) is 4.03. The monoisotopic (exact) mass is 387 g/mol. The Kier molecular flexibility index (Phi) is 5.44. The van der Waals surface area contributed by atoms with Gasteiger partial charge in [0, 0.05) is 17.0 Å². The largest absolute Gasteiger partial charge is 0.464 e. The molecule has 28 heavy (non-hydrogen) atoms. The minimum Gasteiger partial charge on any atom is -0.464 e. The predicted octanol–water partition coefficient (Wildman–Crippen LogP) is 4.44. The second kappa shape index (κ2) is 7.80. The molecule has 7 heteroatoms. The first-order valence-electron chi connectivity index (χ1n) is 8.68. The number of hydrogen-bond donors (Lipinski definition) is 1. The van der Waals surface area contributed by atoms with E-state index in [0.29, 0.717) is 17.2 Å². The number of amides is 1. The summed E-state index contributed by atoms with van der Waals surface area (Å²) in [5.41, 5.74) is 3.24. The number of carbonyl (C=O) groups excluding carboxylic acids is 2. The molecule has 3 rings (SSSR count). The van der Waals surface area contributed by atoms with Gasteiger partial charge in [-0.05, 0) is 44.0 Å². The molecule has 0 saturated heterocycles. The van der Waals surface area contributed by atoms with Crippen molar-refractivity contribution in [3.63, 3.8) is 0 Å². The molecule has 0 fully saturated rings. The lowest BCUT2D eigenvalue weighted by Crippen LogP contribution is -2.30. The lowest BCUT2D eigenvalue weighted by molar-refractivity contribution is -0.152. The van der Waals surface area contributed by atoms with E-state index in [-0.39, 0.29) is 12.1 Å². The van der Waals surface area contributed by atoms with Gasteiger partial charge in [-0.1, -0.05) is 12.1 Å². The van der Waals surface area contributed by atoms with Crippen molar-refractivity contribution in [3.05, 3.63) is 64.9 Å². The molecule has 1 atom stereocenters. The van der Waals surface area contributed by atoms with Gasteiger partial charge in [0.15, 0.2) is 6.10 Å². The molecule has 1 aromatic heterocycles. The molecule has 0 unspecified atom stereocenters. The van der Waals surface area contributed by atoms with E-state index < -0.39 is 29.6 Å². The lowest BCUT2D eigenvalue weighted by Gasteiger charge is -2.14. The first kappa shape index (κ1) is 19.5. The Hall–Kier alpha value is -3.22. The lowest BCUT2D eigenvalue weighted by atomic mass is 10.0. The first-order valence-corrected chi connectivity index (χ1v) is 8.68. The summed E-state index contributed by atoms with van der Waals surface area (Å²) < 4.78 is 37.2. The zero-order valence-electron chi connectivity index (χ0n) is 15.6. The van der Waals surface area contributed by atoms with Crippen LogP contribution in [0.25, 0.3) is 11.0 Å². The minimum absolute atomic E-state index is 0.0714. The van der Waals surface area contributed by atoms with E-state index in [1.54, 1.807) is 0 Å². The third-order valence-electron chi connectivity index (χ3n) is 4.54. The van der Waals surface area contributed by atoms with E-state index in [1.807, 2.05) is 26.0 Å². The standard InChI is InChI=1S/C21H19F2NO4/c1-11-4-6-16-14(10-27-20(16)12(11)2)8-19(25)28-13(3)21(26)24-18-7-5-15(22)9-17(18)23/h4-7,9-10,13H,8H2,1-3H3,(H,24,26)/t13-/m1/s1. The van der Waals surface area contributed by atoms with Crippen LogP contribution in [0.5, 0.6) is 0 Å². The molecule has 0 bridgehead atoms. The van der Waals surface area contributed by atoms with Gasteiger partial charge in [0.1, 0.15) is 17.2 Å². The van der Waals surface area contributed by atoms with Crippen molar-refractivity contribution in [2.24, 2.45) is 0 Å². The number of furan rings is 1. The minimum atomic E-state index is -1.15. The number of carbonyl (C=O) groups is 2. The number of benzene rings is 2. The Balaban J connectivity index is 1.64. The molecular formula is C21H19F2NO4. The highest BCUT2D eigenvalue weighted by atomic mass is 19.1. The Morgan fingerprint density at radius 1 is 1.18 bits per heavy atom. The summed E-state index contributed by atoms with van der Waals surface area (Å²) in [5.74, 6) is -3.01. The Morgan fingerprint density at radius 2 is 1.93 bits per heavy atom.